The molecule has 2 aromatic rings. The minimum absolute atomic E-state index is 0.178. The number of nitrogens with one attached hydrogen (secondary N) is 1. The zero-order chi connectivity index (χ0) is 17.7. The molecule has 1 aromatic heterocycles. The van der Waals surface area contributed by atoms with Gasteiger partial charge in [-0.2, -0.15) is 4.98 Å². The van der Waals surface area contributed by atoms with Crippen LogP contribution in [0.5, 0.6) is 5.75 Å². The van der Waals surface area contributed by atoms with E-state index in [-0.39, 0.29) is 30.1 Å². The van der Waals surface area contributed by atoms with Gasteiger partial charge in [-0.05, 0) is 25.1 Å². The summed E-state index contributed by atoms with van der Waals surface area (Å²) in [5.41, 5.74) is 0.589. The molecule has 0 saturated heterocycles. The second-order valence-corrected chi connectivity index (χ2v) is 5.88. The second-order valence-electron chi connectivity index (χ2n) is 5.88. The van der Waals surface area contributed by atoms with Gasteiger partial charge in [-0.25, -0.2) is 4.39 Å². The third-order valence-corrected chi connectivity index (χ3v) is 3.60. The molecule has 2 rings (SSSR count). The van der Waals surface area contributed by atoms with E-state index < -0.39 is 0 Å². The van der Waals surface area contributed by atoms with E-state index in [0.717, 1.165) is 0 Å². The van der Waals surface area contributed by atoms with Gasteiger partial charge in [-0.3, -0.25) is 4.79 Å². The monoisotopic (exact) mass is 335 g/mol. The Bertz CT molecular complexity index is 700. The highest BCUT2D eigenvalue weighted by atomic mass is 19.1. The van der Waals surface area contributed by atoms with Gasteiger partial charge in [-0.15, -0.1) is 0 Å². The van der Waals surface area contributed by atoms with Crippen molar-refractivity contribution in [1.29, 1.82) is 0 Å². The molecule has 1 amide bonds. The van der Waals surface area contributed by atoms with E-state index in [1.54, 1.807) is 13.0 Å². The van der Waals surface area contributed by atoms with Crippen LogP contribution in [0.15, 0.2) is 22.7 Å². The third-order valence-electron chi connectivity index (χ3n) is 3.60. The van der Waals surface area contributed by atoms with Crippen molar-refractivity contribution in [2.75, 3.05) is 7.11 Å². The quantitative estimate of drug-likeness (QED) is 0.841. The first-order valence-electron chi connectivity index (χ1n) is 7.86. The Kier molecular flexibility index (Phi) is 5.89. The Morgan fingerprint density at radius 2 is 2.12 bits per heavy atom. The van der Waals surface area contributed by atoms with Crippen LogP contribution >= 0.6 is 0 Å². The third kappa shape index (κ3) is 4.53. The van der Waals surface area contributed by atoms with Gasteiger partial charge in [0.25, 0.3) is 0 Å². The smallest absolute Gasteiger partial charge is 0.227 e. The number of nitrogens with zero attached hydrogens (tertiary/aromatic N) is 2. The SMILES string of the molecule is COc1ccc(F)cc1[C@H](C)NC(=O)CCc1nc(C(C)C)no1. The van der Waals surface area contributed by atoms with E-state index in [1.807, 2.05) is 13.8 Å². The minimum atomic E-state index is -0.378. The molecule has 6 nitrogen and oxygen atoms in total. The van der Waals surface area contributed by atoms with Gasteiger partial charge >= 0.3 is 0 Å². The van der Waals surface area contributed by atoms with Crippen molar-refractivity contribution in [3.63, 3.8) is 0 Å². The maximum Gasteiger partial charge on any atom is 0.227 e. The minimum Gasteiger partial charge on any atom is -0.496 e. The van der Waals surface area contributed by atoms with Crippen molar-refractivity contribution in [1.82, 2.24) is 15.5 Å². The molecule has 1 N–H and O–H groups in total. The summed E-state index contributed by atoms with van der Waals surface area (Å²) >= 11 is 0. The predicted octanol–water partition coefficient (Wildman–Crippen LogP) is 3.15. The summed E-state index contributed by atoms with van der Waals surface area (Å²) in [7, 11) is 1.51. The van der Waals surface area contributed by atoms with Gasteiger partial charge in [-0.1, -0.05) is 19.0 Å². The molecule has 0 aliphatic rings. The molecule has 0 radical (unpaired) electrons. The molecule has 7 heteroatoms. The van der Waals surface area contributed by atoms with Crippen molar-refractivity contribution in [3.05, 3.63) is 41.3 Å². The number of hydrogen-bond donors (Lipinski definition) is 1. The Morgan fingerprint density at radius 3 is 2.75 bits per heavy atom. The second kappa shape index (κ2) is 7.90. The number of aromatic nitrogens is 2. The van der Waals surface area contributed by atoms with E-state index in [2.05, 4.69) is 15.5 Å². The van der Waals surface area contributed by atoms with Crippen LogP contribution in [0.3, 0.4) is 0 Å². The largest absolute Gasteiger partial charge is 0.496 e. The number of halogens is 1. The lowest BCUT2D eigenvalue weighted by atomic mass is 10.1. The Labute approximate surface area is 140 Å². The number of rotatable bonds is 7. The molecule has 0 unspecified atom stereocenters. The van der Waals surface area contributed by atoms with Crippen molar-refractivity contribution >= 4 is 5.91 Å². The Balaban J connectivity index is 1.93. The fourth-order valence-corrected chi connectivity index (χ4v) is 2.26. The van der Waals surface area contributed by atoms with E-state index >= 15 is 0 Å². The molecule has 24 heavy (non-hydrogen) atoms. The molecule has 0 spiro atoms. The Morgan fingerprint density at radius 1 is 1.38 bits per heavy atom. The lowest BCUT2D eigenvalue weighted by molar-refractivity contribution is -0.121. The number of benzene rings is 1. The van der Waals surface area contributed by atoms with E-state index in [1.165, 1.54) is 19.2 Å². The molecular formula is C17H22FN3O3. The molecule has 0 saturated carbocycles. The molecule has 1 atom stereocenters. The lowest BCUT2D eigenvalue weighted by Crippen LogP contribution is -2.27. The first-order valence-corrected chi connectivity index (χ1v) is 7.86. The van der Waals surface area contributed by atoms with Crippen LogP contribution in [0.4, 0.5) is 4.39 Å². The highest BCUT2D eigenvalue weighted by Crippen LogP contribution is 2.25. The van der Waals surface area contributed by atoms with Crippen molar-refractivity contribution in [2.45, 2.75) is 45.6 Å². The molecule has 1 aromatic carbocycles. The molecule has 130 valence electrons. The van der Waals surface area contributed by atoms with Gasteiger partial charge in [0.05, 0.1) is 13.2 Å². The average molecular weight is 335 g/mol. The standard InChI is InChI=1S/C17H22FN3O3/c1-10(2)17-20-16(24-21-17)8-7-15(22)19-11(3)13-9-12(18)5-6-14(13)23-4/h5-6,9-11H,7-8H2,1-4H3,(H,19,22)/t11-/m0/s1. The zero-order valence-corrected chi connectivity index (χ0v) is 14.3. The number of carbonyl (C=O) groups is 1. The van der Waals surface area contributed by atoms with E-state index in [4.69, 9.17) is 9.26 Å². The fourth-order valence-electron chi connectivity index (χ4n) is 2.26. The normalized spacial score (nSPS) is 12.2. The molecule has 0 aliphatic heterocycles. The molecular weight excluding hydrogens is 313 g/mol. The van der Waals surface area contributed by atoms with Gasteiger partial charge in [0.2, 0.25) is 11.8 Å². The summed E-state index contributed by atoms with van der Waals surface area (Å²) in [6.45, 7) is 5.71. The first-order chi connectivity index (χ1) is 11.4. The highest BCUT2D eigenvalue weighted by molar-refractivity contribution is 5.76. The predicted molar refractivity (Wildman–Crippen MR) is 86.2 cm³/mol. The summed E-state index contributed by atoms with van der Waals surface area (Å²) in [5.74, 6) is 1.21. The molecule has 0 bridgehead atoms. The summed E-state index contributed by atoms with van der Waals surface area (Å²) in [6, 6.07) is 3.84. The van der Waals surface area contributed by atoms with Crippen molar-refractivity contribution < 1.29 is 18.4 Å². The maximum absolute atomic E-state index is 13.4. The van der Waals surface area contributed by atoms with Crippen molar-refractivity contribution in [3.8, 4) is 5.75 Å². The number of aryl methyl sites for hydroxylation is 1. The van der Waals surface area contributed by atoms with Crippen LogP contribution in [0.25, 0.3) is 0 Å². The molecule has 0 aliphatic carbocycles. The van der Waals surface area contributed by atoms with Crippen LogP contribution in [0, 0.1) is 5.82 Å². The molecule has 1 heterocycles. The zero-order valence-electron chi connectivity index (χ0n) is 14.3. The van der Waals surface area contributed by atoms with Gasteiger partial charge < -0.3 is 14.6 Å². The number of carbonyl (C=O) groups excluding carboxylic acids is 1. The number of ether oxygens (including phenoxy) is 1. The Hall–Kier alpha value is -2.44. The first kappa shape index (κ1) is 17.9. The number of methoxy groups -OCH3 is 1. The van der Waals surface area contributed by atoms with Gasteiger partial charge in [0.1, 0.15) is 11.6 Å². The van der Waals surface area contributed by atoms with E-state index in [9.17, 15) is 9.18 Å². The summed E-state index contributed by atoms with van der Waals surface area (Å²) in [5, 5.41) is 6.68. The fraction of sp³-hybridized carbons (Fsp3) is 0.471. The number of hydrogen-bond acceptors (Lipinski definition) is 5. The van der Waals surface area contributed by atoms with Crippen LogP contribution in [-0.4, -0.2) is 23.2 Å². The summed E-state index contributed by atoms with van der Waals surface area (Å²) < 4.78 is 23.7. The maximum atomic E-state index is 13.4. The number of amides is 1. The summed E-state index contributed by atoms with van der Waals surface area (Å²) in [4.78, 5) is 16.3. The van der Waals surface area contributed by atoms with Gasteiger partial charge in [0, 0.05) is 24.3 Å². The average Bonchev–Trinajstić information content (AvgIpc) is 3.02. The molecule has 0 fully saturated rings. The topological polar surface area (TPSA) is 77.2 Å². The van der Waals surface area contributed by atoms with E-state index in [0.29, 0.717) is 29.4 Å². The van der Waals surface area contributed by atoms with Crippen LogP contribution in [0.2, 0.25) is 0 Å². The van der Waals surface area contributed by atoms with Gasteiger partial charge in [0.15, 0.2) is 5.82 Å². The lowest BCUT2D eigenvalue weighted by Gasteiger charge is -2.17. The van der Waals surface area contributed by atoms with Crippen LogP contribution < -0.4 is 10.1 Å². The van der Waals surface area contributed by atoms with Crippen LogP contribution in [0.1, 0.15) is 56.4 Å². The van der Waals surface area contributed by atoms with Crippen molar-refractivity contribution in [2.24, 2.45) is 0 Å². The van der Waals surface area contributed by atoms with Crippen LogP contribution in [-0.2, 0) is 11.2 Å². The highest BCUT2D eigenvalue weighted by Gasteiger charge is 2.16. The summed E-state index contributed by atoms with van der Waals surface area (Å²) in [6.07, 6.45) is 0.570.